The van der Waals surface area contributed by atoms with Crippen LogP contribution >= 0.6 is 0 Å². The molecule has 0 spiro atoms. The Morgan fingerprint density at radius 1 is 1.06 bits per heavy atom. The Kier molecular flexibility index (Phi) is 6.07. The lowest BCUT2D eigenvalue weighted by Crippen LogP contribution is -2.52. The van der Waals surface area contributed by atoms with Crippen molar-refractivity contribution in [3.8, 4) is 5.75 Å². The average Bonchev–Trinajstić information content (AvgIpc) is 3.16. The van der Waals surface area contributed by atoms with Gasteiger partial charge in [-0.3, -0.25) is 19.7 Å². The number of carbonyl (C=O) groups is 3. The molecule has 0 aromatic heterocycles. The lowest BCUT2D eigenvalue weighted by molar-refractivity contribution is -0.901. The molecular weight excluding hydrogens is 438 g/mol. The maximum atomic E-state index is 12.9. The van der Waals surface area contributed by atoms with Gasteiger partial charge in [-0.1, -0.05) is 30.3 Å². The summed E-state index contributed by atoms with van der Waals surface area (Å²) in [6, 6.07) is 12.5. The molecule has 5 rings (SSSR count). The lowest BCUT2D eigenvalue weighted by Gasteiger charge is -2.45. The van der Waals surface area contributed by atoms with Crippen LogP contribution < -0.4 is 10.1 Å². The van der Waals surface area contributed by atoms with E-state index in [0.29, 0.717) is 57.2 Å². The topological polar surface area (TPSA) is 108 Å². The fraction of sp³-hybridized carbons (Fsp3) is 0.400. The molecule has 1 N–H and O–H groups in total. The zero-order valence-corrected chi connectivity index (χ0v) is 18.8. The summed E-state index contributed by atoms with van der Waals surface area (Å²) in [5.74, 6) is -0.365. The summed E-state index contributed by atoms with van der Waals surface area (Å²) in [7, 11) is 0. The molecule has 3 aliphatic rings. The molecule has 3 amide bonds. The number of hydrogen-bond acceptors (Lipinski definition) is 6. The second kappa shape index (κ2) is 9.17. The summed E-state index contributed by atoms with van der Waals surface area (Å²) in [6.45, 7) is 2.95. The summed E-state index contributed by atoms with van der Waals surface area (Å²) in [6.07, 6.45) is 0.541. The Morgan fingerprint density at radius 3 is 2.53 bits per heavy atom. The van der Waals surface area contributed by atoms with Gasteiger partial charge in [0.25, 0.3) is 5.91 Å². The van der Waals surface area contributed by atoms with E-state index < -0.39 is 11.9 Å². The van der Waals surface area contributed by atoms with Gasteiger partial charge in [0, 0.05) is 23.1 Å². The normalized spacial score (nSPS) is 21.9. The van der Waals surface area contributed by atoms with Crippen molar-refractivity contribution in [1.29, 1.82) is 0 Å². The summed E-state index contributed by atoms with van der Waals surface area (Å²) in [5, 5.41) is 15.1. The first kappa shape index (κ1) is 22.5. The largest absolute Gasteiger partial charge is 0.632 e. The van der Waals surface area contributed by atoms with E-state index in [9.17, 15) is 19.6 Å². The highest BCUT2D eigenvalue weighted by atomic mass is 16.6. The zero-order valence-electron chi connectivity index (χ0n) is 18.8. The number of rotatable bonds is 6. The molecule has 3 heterocycles. The highest BCUT2D eigenvalue weighted by Crippen LogP contribution is 2.34. The first-order valence-corrected chi connectivity index (χ1v) is 11.5. The molecular formula is C25H27N3O6. The predicted molar refractivity (Wildman–Crippen MR) is 121 cm³/mol. The van der Waals surface area contributed by atoms with Crippen LogP contribution in [0.4, 0.5) is 0 Å². The molecule has 2 aromatic rings. The number of nitrogens with one attached hydrogen (secondary N) is 1. The molecule has 3 aliphatic heterocycles. The Morgan fingerprint density at radius 2 is 1.79 bits per heavy atom. The van der Waals surface area contributed by atoms with E-state index in [0.717, 1.165) is 16.7 Å². The van der Waals surface area contributed by atoms with Crippen LogP contribution in [0.3, 0.4) is 0 Å². The van der Waals surface area contributed by atoms with Gasteiger partial charge in [-0.2, -0.15) is 0 Å². The summed E-state index contributed by atoms with van der Waals surface area (Å²) in [4.78, 5) is 38.2. The van der Waals surface area contributed by atoms with Crippen LogP contribution in [0.5, 0.6) is 5.75 Å². The molecule has 2 fully saturated rings. The average molecular weight is 466 g/mol. The van der Waals surface area contributed by atoms with Gasteiger partial charge in [0.1, 0.15) is 38.0 Å². The third-order valence-electron chi connectivity index (χ3n) is 6.71. The highest BCUT2D eigenvalue weighted by molar-refractivity contribution is 6.05. The van der Waals surface area contributed by atoms with Gasteiger partial charge in [0.2, 0.25) is 11.8 Å². The Hall–Kier alpha value is -3.27. The van der Waals surface area contributed by atoms with Gasteiger partial charge >= 0.3 is 0 Å². The number of nitrogens with zero attached hydrogens (tertiary/aromatic N) is 2. The molecule has 0 bridgehead atoms. The van der Waals surface area contributed by atoms with Crippen molar-refractivity contribution in [2.24, 2.45) is 0 Å². The van der Waals surface area contributed by atoms with Gasteiger partial charge in [-0.25, -0.2) is 0 Å². The Bertz CT molecular complexity index is 1110. The number of piperidine rings is 1. The molecule has 0 radical (unpaired) electrons. The molecule has 1 atom stereocenters. The van der Waals surface area contributed by atoms with Crippen molar-refractivity contribution in [2.45, 2.75) is 38.6 Å². The van der Waals surface area contributed by atoms with Gasteiger partial charge in [-0.05, 0) is 24.1 Å². The number of quaternary nitrogens is 1. The molecule has 9 nitrogen and oxygen atoms in total. The van der Waals surface area contributed by atoms with E-state index in [4.69, 9.17) is 9.47 Å². The van der Waals surface area contributed by atoms with Crippen LogP contribution in [0, 0.1) is 5.21 Å². The molecule has 0 saturated carbocycles. The number of ether oxygens (including phenoxy) is 2. The van der Waals surface area contributed by atoms with Crippen molar-refractivity contribution in [3.63, 3.8) is 0 Å². The number of fused-ring (bicyclic) bond motifs is 1. The Balaban J connectivity index is 1.24. The SMILES string of the molecule is O=C1CCC(N2Cc3c(OCc4ccc(C[N+]5([O-])CCOCC5)cc4)cccc3C2=O)C(=O)N1. The molecule has 0 aliphatic carbocycles. The van der Waals surface area contributed by atoms with Gasteiger partial charge in [-0.15, -0.1) is 0 Å². The van der Waals surface area contributed by atoms with Crippen molar-refractivity contribution >= 4 is 17.7 Å². The number of carbonyl (C=O) groups excluding carboxylic acids is 3. The first-order valence-electron chi connectivity index (χ1n) is 11.5. The van der Waals surface area contributed by atoms with Crippen LogP contribution in [0.15, 0.2) is 42.5 Å². The maximum Gasteiger partial charge on any atom is 0.255 e. The van der Waals surface area contributed by atoms with Crippen molar-refractivity contribution < 1.29 is 28.5 Å². The van der Waals surface area contributed by atoms with Gasteiger partial charge in [0.15, 0.2) is 0 Å². The van der Waals surface area contributed by atoms with Crippen LogP contribution in [-0.2, 0) is 34.0 Å². The van der Waals surface area contributed by atoms with Crippen LogP contribution in [0.1, 0.15) is 39.9 Å². The van der Waals surface area contributed by atoms with Crippen molar-refractivity contribution in [1.82, 2.24) is 10.2 Å². The molecule has 2 saturated heterocycles. The number of imide groups is 1. The third kappa shape index (κ3) is 4.54. The monoisotopic (exact) mass is 465 g/mol. The van der Waals surface area contributed by atoms with E-state index in [-0.39, 0.29) is 29.4 Å². The minimum absolute atomic E-state index is 0.218. The van der Waals surface area contributed by atoms with E-state index in [1.54, 1.807) is 12.1 Å². The number of morpholine rings is 1. The van der Waals surface area contributed by atoms with E-state index >= 15 is 0 Å². The number of benzene rings is 2. The highest BCUT2D eigenvalue weighted by Gasteiger charge is 2.40. The standard InChI is InChI=1S/C25H27N3O6/c29-23-9-8-21(24(30)26-23)27-14-20-19(25(27)31)2-1-3-22(20)34-16-18-6-4-17(5-7-18)15-28(32)10-12-33-13-11-28/h1-7,21H,8-16H2,(H,26,29,30). The van der Waals surface area contributed by atoms with E-state index in [2.05, 4.69) is 5.32 Å². The summed E-state index contributed by atoms with van der Waals surface area (Å²) < 4.78 is 11.1. The van der Waals surface area contributed by atoms with Crippen LogP contribution in [-0.4, -0.2) is 59.6 Å². The maximum absolute atomic E-state index is 12.9. The predicted octanol–water partition coefficient (Wildman–Crippen LogP) is 1.87. The summed E-state index contributed by atoms with van der Waals surface area (Å²) >= 11 is 0. The number of hydrogen-bond donors (Lipinski definition) is 1. The third-order valence-corrected chi connectivity index (χ3v) is 6.71. The first-order chi connectivity index (χ1) is 16.4. The fourth-order valence-corrected chi connectivity index (χ4v) is 4.76. The number of hydroxylamine groups is 3. The molecule has 178 valence electrons. The molecule has 2 aromatic carbocycles. The summed E-state index contributed by atoms with van der Waals surface area (Å²) in [5.41, 5.74) is 3.20. The van der Waals surface area contributed by atoms with E-state index in [1.807, 2.05) is 30.3 Å². The molecule has 9 heteroatoms. The molecule has 1 unspecified atom stereocenters. The number of amides is 3. The fourth-order valence-electron chi connectivity index (χ4n) is 4.76. The second-order valence-corrected chi connectivity index (χ2v) is 9.06. The molecule has 34 heavy (non-hydrogen) atoms. The van der Waals surface area contributed by atoms with E-state index in [1.165, 1.54) is 4.90 Å². The minimum atomic E-state index is -0.656. The van der Waals surface area contributed by atoms with Crippen LogP contribution in [0.2, 0.25) is 0 Å². The smallest absolute Gasteiger partial charge is 0.255 e. The van der Waals surface area contributed by atoms with Crippen molar-refractivity contribution in [3.05, 3.63) is 69.9 Å². The quantitative estimate of drug-likeness (QED) is 0.397. The zero-order chi connectivity index (χ0) is 23.7. The second-order valence-electron chi connectivity index (χ2n) is 9.06. The van der Waals surface area contributed by atoms with Gasteiger partial charge < -0.3 is 24.2 Å². The lowest BCUT2D eigenvalue weighted by atomic mass is 10.0. The Labute approximate surface area is 197 Å². The minimum Gasteiger partial charge on any atom is -0.632 e. The van der Waals surface area contributed by atoms with Crippen molar-refractivity contribution in [2.75, 3.05) is 26.3 Å². The van der Waals surface area contributed by atoms with Crippen LogP contribution in [0.25, 0.3) is 0 Å². The van der Waals surface area contributed by atoms with Gasteiger partial charge in [0.05, 0.1) is 19.8 Å².